The Bertz CT molecular complexity index is 483. The molecule has 0 amide bonds. The molecule has 1 unspecified atom stereocenters. The minimum Gasteiger partial charge on any atom is -0.496 e. The third kappa shape index (κ3) is 4.20. The van der Waals surface area contributed by atoms with Crippen LogP contribution in [0.3, 0.4) is 0 Å². The highest BCUT2D eigenvalue weighted by Gasteiger charge is 2.23. The number of halogens is 1. The molecule has 3 nitrogen and oxygen atoms in total. The average Bonchev–Trinajstić information content (AvgIpc) is 2.30. The third-order valence-corrected chi connectivity index (χ3v) is 4.83. The molecule has 1 N–H and O–H groups in total. The summed E-state index contributed by atoms with van der Waals surface area (Å²) in [7, 11) is 0.490. The maximum absolute atomic E-state index is 12.1. The minimum absolute atomic E-state index is 0.0860. The quantitative estimate of drug-likeness (QED) is 0.919. The summed E-state index contributed by atoms with van der Waals surface area (Å²) in [5.74, 6) is 0.762. The highest BCUT2D eigenvalue weighted by Crippen LogP contribution is 2.31. The molecule has 0 spiro atoms. The lowest BCUT2D eigenvalue weighted by atomic mass is 10.1. The first-order valence-electron chi connectivity index (χ1n) is 6.19. The second kappa shape index (κ2) is 6.25. The van der Waals surface area contributed by atoms with Crippen LogP contribution in [-0.4, -0.2) is 16.1 Å². The van der Waals surface area contributed by atoms with Gasteiger partial charge in [0.2, 0.25) is 0 Å². The molecule has 1 aromatic rings. The predicted octanol–water partition coefficient (Wildman–Crippen LogP) is 3.77. The Hall–Kier alpha value is -0.580. The number of rotatable bonds is 4. The molecule has 19 heavy (non-hydrogen) atoms. The second-order valence-corrected chi connectivity index (χ2v) is 7.97. The highest BCUT2D eigenvalue weighted by molar-refractivity contribution is 7.84. The van der Waals surface area contributed by atoms with Gasteiger partial charge < -0.3 is 4.74 Å². The number of aryl methyl sites for hydroxylation is 1. The summed E-state index contributed by atoms with van der Waals surface area (Å²) in [4.78, 5) is 0. The van der Waals surface area contributed by atoms with Crippen LogP contribution in [0.25, 0.3) is 0 Å². The fourth-order valence-corrected chi connectivity index (χ4v) is 2.76. The number of ether oxygens (including phenoxy) is 1. The van der Waals surface area contributed by atoms with Gasteiger partial charge in [0.05, 0.1) is 22.8 Å². The van der Waals surface area contributed by atoms with Gasteiger partial charge in [0.25, 0.3) is 0 Å². The van der Waals surface area contributed by atoms with Crippen molar-refractivity contribution in [3.63, 3.8) is 0 Å². The lowest BCUT2D eigenvalue weighted by molar-refractivity contribution is 0.411. The molecule has 1 rings (SSSR count). The summed E-state index contributed by atoms with van der Waals surface area (Å²) in [6, 6.07) is 3.68. The van der Waals surface area contributed by atoms with Gasteiger partial charge in [-0.3, -0.25) is 0 Å². The molecule has 0 saturated carbocycles. The van der Waals surface area contributed by atoms with Crippen molar-refractivity contribution in [2.45, 2.75) is 45.4 Å². The summed E-state index contributed by atoms with van der Waals surface area (Å²) >= 11 is 6.25. The summed E-state index contributed by atoms with van der Waals surface area (Å²) in [6.07, 6.45) is 0. The van der Waals surface area contributed by atoms with Gasteiger partial charge in [0.1, 0.15) is 5.75 Å². The van der Waals surface area contributed by atoms with E-state index in [1.807, 2.05) is 40.7 Å². The Kier molecular flexibility index (Phi) is 5.42. The van der Waals surface area contributed by atoms with E-state index in [0.717, 1.165) is 16.9 Å². The van der Waals surface area contributed by atoms with E-state index in [4.69, 9.17) is 16.3 Å². The largest absolute Gasteiger partial charge is 0.496 e. The molecule has 1 aromatic carbocycles. The molecule has 0 heterocycles. The van der Waals surface area contributed by atoms with E-state index in [9.17, 15) is 4.21 Å². The Morgan fingerprint density at radius 2 is 1.95 bits per heavy atom. The molecule has 2 atom stereocenters. The van der Waals surface area contributed by atoms with Crippen LogP contribution in [0.5, 0.6) is 5.75 Å². The molecule has 108 valence electrons. The van der Waals surface area contributed by atoms with Crippen molar-refractivity contribution < 1.29 is 8.95 Å². The van der Waals surface area contributed by atoms with Crippen molar-refractivity contribution in [1.29, 1.82) is 0 Å². The Balaban J connectivity index is 2.98. The zero-order valence-corrected chi connectivity index (χ0v) is 13.9. The molecule has 0 bridgehead atoms. The van der Waals surface area contributed by atoms with Crippen molar-refractivity contribution in [2.24, 2.45) is 0 Å². The number of hydrogen-bond acceptors (Lipinski definition) is 2. The zero-order valence-electron chi connectivity index (χ0n) is 12.3. The topological polar surface area (TPSA) is 38.3 Å². The average molecular weight is 304 g/mol. The number of nitrogens with one attached hydrogen (secondary N) is 1. The molecule has 0 aliphatic rings. The first-order chi connectivity index (χ1) is 8.66. The predicted molar refractivity (Wildman–Crippen MR) is 82.2 cm³/mol. The standard InChI is InChI=1S/C14H22ClNO2S/c1-9-7-11(12(15)8-13(9)18-6)10(2)16-19(17)14(3,4)5/h7-8,10,16H,1-6H3/t10-,19?/m1/s1. The van der Waals surface area contributed by atoms with E-state index in [1.54, 1.807) is 13.2 Å². The van der Waals surface area contributed by atoms with Crippen molar-refractivity contribution in [3.05, 3.63) is 28.3 Å². The molecule has 5 heteroatoms. The molecular weight excluding hydrogens is 282 g/mol. The van der Waals surface area contributed by atoms with E-state index in [2.05, 4.69) is 4.72 Å². The van der Waals surface area contributed by atoms with Gasteiger partial charge in [-0.05, 0) is 57.9 Å². The lowest BCUT2D eigenvalue weighted by Crippen LogP contribution is -2.34. The van der Waals surface area contributed by atoms with Gasteiger partial charge in [-0.1, -0.05) is 11.6 Å². The summed E-state index contributed by atoms with van der Waals surface area (Å²) < 4.78 is 20.1. The van der Waals surface area contributed by atoms with E-state index in [-0.39, 0.29) is 10.8 Å². The van der Waals surface area contributed by atoms with Crippen molar-refractivity contribution in [1.82, 2.24) is 4.72 Å². The van der Waals surface area contributed by atoms with Gasteiger partial charge in [0, 0.05) is 11.1 Å². The normalized spacial score (nSPS) is 15.1. The highest BCUT2D eigenvalue weighted by atomic mass is 35.5. The van der Waals surface area contributed by atoms with Gasteiger partial charge in [-0.15, -0.1) is 0 Å². The number of benzene rings is 1. The Labute approximate surface area is 123 Å². The van der Waals surface area contributed by atoms with Crippen LogP contribution in [0, 0.1) is 6.92 Å². The molecule has 0 aliphatic carbocycles. The zero-order chi connectivity index (χ0) is 14.8. The summed E-state index contributed by atoms with van der Waals surface area (Å²) in [6.45, 7) is 9.72. The maximum atomic E-state index is 12.1. The SMILES string of the molecule is COc1cc(Cl)c([C@@H](C)NS(=O)C(C)(C)C)cc1C. The van der Waals surface area contributed by atoms with Gasteiger partial charge >= 0.3 is 0 Å². The van der Waals surface area contributed by atoms with Crippen LogP contribution in [0.2, 0.25) is 5.02 Å². The van der Waals surface area contributed by atoms with Crippen LogP contribution in [-0.2, 0) is 11.0 Å². The molecule has 0 aliphatic heterocycles. The van der Waals surface area contributed by atoms with E-state index >= 15 is 0 Å². The van der Waals surface area contributed by atoms with Gasteiger partial charge in [-0.25, -0.2) is 8.93 Å². The molecule has 0 aromatic heterocycles. The van der Waals surface area contributed by atoms with Crippen molar-refractivity contribution in [3.8, 4) is 5.75 Å². The fourth-order valence-electron chi connectivity index (χ4n) is 1.64. The fraction of sp³-hybridized carbons (Fsp3) is 0.571. The van der Waals surface area contributed by atoms with E-state index in [1.165, 1.54) is 0 Å². The van der Waals surface area contributed by atoms with Crippen molar-refractivity contribution >= 4 is 22.6 Å². The Morgan fingerprint density at radius 1 is 1.37 bits per heavy atom. The van der Waals surface area contributed by atoms with Crippen LogP contribution in [0.1, 0.15) is 44.9 Å². The van der Waals surface area contributed by atoms with Gasteiger partial charge in [-0.2, -0.15) is 0 Å². The first-order valence-corrected chi connectivity index (χ1v) is 7.71. The second-order valence-electron chi connectivity index (χ2n) is 5.56. The summed E-state index contributed by atoms with van der Waals surface area (Å²) in [5.41, 5.74) is 1.94. The molecule has 0 fully saturated rings. The number of methoxy groups -OCH3 is 1. The van der Waals surface area contributed by atoms with E-state index < -0.39 is 11.0 Å². The smallest absolute Gasteiger partial charge is 0.123 e. The van der Waals surface area contributed by atoms with Crippen LogP contribution < -0.4 is 9.46 Å². The lowest BCUT2D eigenvalue weighted by Gasteiger charge is -2.23. The van der Waals surface area contributed by atoms with E-state index in [0.29, 0.717) is 5.02 Å². The van der Waals surface area contributed by atoms with Gasteiger partial charge in [0.15, 0.2) is 0 Å². The first kappa shape index (κ1) is 16.5. The monoisotopic (exact) mass is 303 g/mol. The maximum Gasteiger partial charge on any atom is 0.123 e. The van der Waals surface area contributed by atoms with Crippen LogP contribution in [0.15, 0.2) is 12.1 Å². The Morgan fingerprint density at radius 3 is 2.42 bits per heavy atom. The summed E-state index contributed by atoms with van der Waals surface area (Å²) in [5, 5.41) is 0.619. The van der Waals surface area contributed by atoms with Crippen LogP contribution in [0.4, 0.5) is 0 Å². The molecule has 0 saturated heterocycles. The van der Waals surface area contributed by atoms with Crippen molar-refractivity contribution in [2.75, 3.05) is 7.11 Å². The molecular formula is C14H22ClNO2S. The number of hydrogen-bond donors (Lipinski definition) is 1. The van der Waals surface area contributed by atoms with Crippen LogP contribution >= 0.6 is 11.6 Å². The third-order valence-electron chi connectivity index (χ3n) is 2.82. The minimum atomic E-state index is -1.13. The molecule has 0 radical (unpaired) electrons.